The van der Waals surface area contributed by atoms with Gasteiger partial charge in [0.25, 0.3) is 11.5 Å². The van der Waals surface area contributed by atoms with E-state index in [1.165, 1.54) is 25.3 Å². The van der Waals surface area contributed by atoms with Crippen molar-refractivity contribution in [1.29, 1.82) is 0 Å². The molecule has 36 heavy (non-hydrogen) atoms. The monoisotopic (exact) mass is 491 g/mol. The Morgan fingerprint density at radius 1 is 1.06 bits per heavy atom. The topological polar surface area (TPSA) is 121 Å². The molecule has 0 unspecified atom stereocenters. The van der Waals surface area contributed by atoms with Crippen LogP contribution in [-0.4, -0.2) is 35.2 Å². The van der Waals surface area contributed by atoms with E-state index >= 15 is 0 Å². The number of anilines is 1. The van der Waals surface area contributed by atoms with Crippen LogP contribution in [-0.2, 0) is 16.1 Å². The maximum Gasteiger partial charge on any atom is 0.338 e. The highest BCUT2D eigenvalue weighted by atomic mass is 16.5. The molecule has 0 aliphatic rings. The Balaban J connectivity index is 1.43. The van der Waals surface area contributed by atoms with Crippen LogP contribution >= 0.6 is 0 Å². The number of rotatable bonds is 8. The van der Waals surface area contributed by atoms with Gasteiger partial charge in [0.05, 0.1) is 24.1 Å². The highest BCUT2D eigenvalue weighted by molar-refractivity contribution is 5.96. The molecule has 0 atom stereocenters. The van der Waals surface area contributed by atoms with Crippen molar-refractivity contribution in [2.24, 2.45) is 0 Å². The highest BCUT2D eigenvalue weighted by Crippen LogP contribution is 2.27. The van der Waals surface area contributed by atoms with Gasteiger partial charge >= 0.3 is 5.97 Å². The minimum Gasteiger partial charge on any atom is -0.495 e. The minimum atomic E-state index is -0.662. The molecule has 2 aromatic carbocycles. The summed E-state index contributed by atoms with van der Waals surface area (Å²) in [7, 11) is 1.45. The van der Waals surface area contributed by atoms with E-state index in [0.29, 0.717) is 22.9 Å². The van der Waals surface area contributed by atoms with Crippen molar-refractivity contribution in [1.82, 2.24) is 9.56 Å². The molecule has 0 spiro atoms. The number of ether oxygens (including phenoxy) is 3. The number of carbonyl (C=O) groups excluding carboxylic acids is 2. The summed E-state index contributed by atoms with van der Waals surface area (Å²) in [6, 6.07) is 13.1. The van der Waals surface area contributed by atoms with E-state index in [9.17, 15) is 14.4 Å². The van der Waals surface area contributed by atoms with Crippen LogP contribution in [0.15, 0.2) is 57.8 Å². The number of hydrogen-bond donors (Lipinski definition) is 1. The van der Waals surface area contributed by atoms with Crippen LogP contribution in [0.1, 0.15) is 32.9 Å². The van der Waals surface area contributed by atoms with Gasteiger partial charge in [-0.25, -0.2) is 9.78 Å². The van der Waals surface area contributed by atoms with E-state index in [1.807, 2.05) is 32.0 Å². The summed E-state index contributed by atoms with van der Waals surface area (Å²) < 4.78 is 22.6. The van der Waals surface area contributed by atoms with Gasteiger partial charge in [-0.1, -0.05) is 18.2 Å². The summed E-state index contributed by atoms with van der Waals surface area (Å²) in [6.07, 6.45) is 0. The van der Waals surface area contributed by atoms with Crippen molar-refractivity contribution in [3.63, 3.8) is 0 Å². The fraction of sp³-hybridized carbons (Fsp3) is 0.231. The first kappa shape index (κ1) is 24.5. The SMILES string of the molecule is COc1ccc(C(=O)OCc2cc(=O)n3oc(C)cc3n2)cc1NC(=O)COc1c(C)cccc1C. The van der Waals surface area contributed by atoms with E-state index in [2.05, 4.69) is 10.3 Å². The molecule has 2 heterocycles. The first-order valence-corrected chi connectivity index (χ1v) is 11.1. The van der Waals surface area contributed by atoms with Gasteiger partial charge in [-0.3, -0.25) is 9.59 Å². The van der Waals surface area contributed by atoms with Crippen molar-refractivity contribution in [2.75, 3.05) is 19.0 Å². The van der Waals surface area contributed by atoms with Gasteiger partial charge in [0, 0.05) is 12.1 Å². The van der Waals surface area contributed by atoms with E-state index in [4.69, 9.17) is 18.7 Å². The van der Waals surface area contributed by atoms with Gasteiger partial charge in [0.15, 0.2) is 12.3 Å². The van der Waals surface area contributed by atoms with Crippen molar-refractivity contribution in [3.05, 3.63) is 87.0 Å². The lowest BCUT2D eigenvalue weighted by Crippen LogP contribution is -2.21. The van der Waals surface area contributed by atoms with Gasteiger partial charge in [0.1, 0.15) is 23.9 Å². The zero-order chi connectivity index (χ0) is 25.8. The number of fused-ring (bicyclic) bond motifs is 1. The lowest BCUT2D eigenvalue weighted by Gasteiger charge is -2.14. The minimum absolute atomic E-state index is 0.179. The standard InChI is InChI=1S/C26H25N3O7/c1-15-6-5-7-16(2)25(15)34-14-23(30)28-20-11-18(8-9-21(20)33-4)26(32)35-13-19-12-24(31)29-22(27-19)10-17(3)36-29/h5-12H,13-14H2,1-4H3,(H,28,30). The Morgan fingerprint density at radius 3 is 2.53 bits per heavy atom. The number of benzene rings is 2. The Hall–Kier alpha value is -4.60. The molecule has 10 heteroatoms. The maximum atomic E-state index is 12.7. The summed E-state index contributed by atoms with van der Waals surface area (Å²) in [5, 5.41) is 2.71. The van der Waals surface area contributed by atoms with E-state index in [-0.39, 0.29) is 30.2 Å². The van der Waals surface area contributed by atoms with Gasteiger partial charge in [-0.05, 0) is 50.1 Å². The molecule has 2 aromatic heterocycles. The average molecular weight is 492 g/mol. The molecule has 10 nitrogen and oxygen atoms in total. The first-order chi connectivity index (χ1) is 17.2. The lowest BCUT2D eigenvalue weighted by atomic mass is 10.1. The normalized spacial score (nSPS) is 10.8. The molecule has 0 saturated heterocycles. The molecule has 4 rings (SSSR count). The number of nitrogens with zero attached hydrogens (tertiary/aromatic N) is 2. The van der Waals surface area contributed by atoms with Crippen molar-refractivity contribution >= 4 is 23.2 Å². The van der Waals surface area contributed by atoms with Crippen molar-refractivity contribution in [3.8, 4) is 11.5 Å². The van der Waals surface area contributed by atoms with Crippen LogP contribution < -0.4 is 20.3 Å². The molecular weight excluding hydrogens is 466 g/mol. The molecule has 0 aliphatic carbocycles. The van der Waals surface area contributed by atoms with Crippen LogP contribution in [0.3, 0.4) is 0 Å². The van der Waals surface area contributed by atoms with Crippen LogP contribution in [0.5, 0.6) is 11.5 Å². The molecule has 0 radical (unpaired) electrons. The Morgan fingerprint density at radius 2 is 1.81 bits per heavy atom. The van der Waals surface area contributed by atoms with E-state index < -0.39 is 17.4 Å². The van der Waals surface area contributed by atoms with Crippen molar-refractivity contribution < 1.29 is 28.3 Å². The molecule has 186 valence electrons. The summed E-state index contributed by atoms with van der Waals surface area (Å²) in [6.45, 7) is 5.06. The number of nitrogens with one attached hydrogen (secondary N) is 1. The van der Waals surface area contributed by atoms with Crippen LogP contribution in [0.4, 0.5) is 5.69 Å². The molecule has 0 fully saturated rings. The first-order valence-electron chi connectivity index (χ1n) is 11.1. The van der Waals surface area contributed by atoms with Gasteiger partial charge in [-0.2, -0.15) is 0 Å². The Labute approximate surface area is 206 Å². The summed E-state index contributed by atoms with van der Waals surface area (Å²) in [5.41, 5.74) is 2.49. The molecule has 1 N–H and O–H groups in total. The second kappa shape index (κ2) is 10.3. The predicted molar refractivity (Wildman–Crippen MR) is 131 cm³/mol. The zero-order valence-corrected chi connectivity index (χ0v) is 20.3. The van der Waals surface area contributed by atoms with Gasteiger partial charge in [0.2, 0.25) is 0 Å². The van der Waals surface area contributed by atoms with Crippen molar-refractivity contribution in [2.45, 2.75) is 27.4 Å². The maximum absolute atomic E-state index is 12.7. The van der Waals surface area contributed by atoms with Crippen LogP contribution in [0, 0.1) is 20.8 Å². The Kier molecular flexibility index (Phi) is 7.05. The largest absolute Gasteiger partial charge is 0.495 e. The Bertz CT molecular complexity index is 1480. The molecule has 0 aliphatic heterocycles. The number of esters is 1. The molecule has 1 amide bonds. The third-order valence-electron chi connectivity index (χ3n) is 5.34. The summed E-state index contributed by atoms with van der Waals surface area (Å²) in [5.74, 6) is 0.456. The number of aryl methyl sites for hydroxylation is 3. The fourth-order valence-electron chi connectivity index (χ4n) is 3.65. The second-order valence-electron chi connectivity index (χ2n) is 8.13. The van der Waals surface area contributed by atoms with Crippen LogP contribution in [0.2, 0.25) is 0 Å². The number of carbonyl (C=O) groups is 2. The molecule has 0 saturated carbocycles. The van der Waals surface area contributed by atoms with Gasteiger partial charge in [-0.15, -0.1) is 4.57 Å². The average Bonchev–Trinajstić information content (AvgIpc) is 3.23. The number of para-hydroxylation sites is 1. The second-order valence-corrected chi connectivity index (χ2v) is 8.13. The highest BCUT2D eigenvalue weighted by Gasteiger charge is 2.16. The summed E-state index contributed by atoms with van der Waals surface area (Å²) >= 11 is 0. The predicted octanol–water partition coefficient (Wildman–Crippen LogP) is 3.60. The molecular formula is C26H25N3O7. The quantitative estimate of drug-likeness (QED) is 0.371. The third kappa shape index (κ3) is 5.38. The zero-order valence-electron chi connectivity index (χ0n) is 20.3. The lowest BCUT2D eigenvalue weighted by molar-refractivity contribution is -0.118. The molecule has 0 bridgehead atoms. The summed E-state index contributed by atoms with van der Waals surface area (Å²) in [4.78, 5) is 41.6. The third-order valence-corrected chi connectivity index (χ3v) is 5.34. The van der Waals surface area contributed by atoms with E-state index in [1.54, 1.807) is 19.1 Å². The number of aromatic nitrogens is 2. The smallest absolute Gasteiger partial charge is 0.338 e. The van der Waals surface area contributed by atoms with E-state index in [0.717, 1.165) is 15.7 Å². The molecule has 4 aromatic rings. The van der Waals surface area contributed by atoms with Crippen LogP contribution in [0.25, 0.3) is 5.65 Å². The number of hydrogen-bond acceptors (Lipinski definition) is 8. The van der Waals surface area contributed by atoms with Gasteiger partial charge < -0.3 is 24.1 Å². The number of amides is 1. The fourth-order valence-corrected chi connectivity index (χ4v) is 3.65. The number of methoxy groups -OCH3 is 1.